The number of hydrogen-bond donors (Lipinski definition) is 2. The first kappa shape index (κ1) is 21.0. The zero-order valence-corrected chi connectivity index (χ0v) is 18.0. The third kappa shape index (κ3) is 4.61. The lowest BCUT2D eigenvalue weighted by Gasteiger charge is -2.38. The topological polar surface area (TPSA) is 117 Å². The first-order valence-corrected chi connectivity index (χ1v) is 10.3. The molecule has 2 aromatic heterocycles. The summed E-state index contributed by atoms with van der Waals surface area (Å²) < 4.78 is 5.58. The number of benzene rings is 1. The Morgan fingerprint density at radius 3 is 2.71 bits per heavy atom. The van der Waals surface area contributed by atoms with Crippen molar-refractivity contribution in [1.82, 2.24) is 30.6 Å². The van der Waals surface area contributed by atoms with Crippen molar-refractivity contribution >= 4 is 23.4 Å². The summed E-state index contributed by atoms with van der Waals surface area (Å²) in [6.07, 6.45) is 3.45. The maximum Gasteiger partial charge on any atom is 0.253 e. The van der Waals surface area contributed by atoms with Gasteiger partial charge in [0.15, 0.2) is 6.39 Å². The van der Waals surface area contributed by atoms with Crippen LogP contribution in [0.5, 0.6) is 0 Å². The summed E-state index contributed by atoms with van der Waals surface area (Å²) in [7, 11) is 0. The van der Waals surface area contributed by atoms with Gasteiger partial charge in [-0.25, -0.2) is 4.98 Å². The molecule has 0 bridgehead atoms. The predicted octanol–water partition coefficient (Wildman–Crippen LogP) is 2.57. The zero-order chi connectivity index (χ0) is 22.0. The molecule has 0 saturated carbocycles. The number of hydrogen-bond acceptors (Lipinski definition) is 6. The van der Waals surface area contributed by atoms with E-state index in [1.54, 1.807) is 35.4 Å². The molecule has 162 valence electrons. The molecule has 3 heterocycles. The van der Waals surface area contributed by atoms with Crippen LogP contribution >= 0.6 is 11.6 Å². The number of carbonyl (C=O) groups excluding carboxylic acids is 2. The van der Waals surface area contributed by atoms with Crippen LogP contribution in [0.15, 0.2) is 41.3 Å². The van der Waals surface area contributed by atoms with Gasteiger partial charge in [0.05, 0.1) is 24.4 Å². The lowest BCUT2D eigenvalue weighted by atomic mass is 9.87. The Bertz CT molecular complexity index is 1060. The van der Waals surface area contributed by atoms with E-state index >= 15 is 0 Å². The summed E-state index contributed by atoms with van der Waals surface area (Å²) in [6, 6.07) is 6.84. The molecule has 2 N–H and O–H groups in total. The Labute approximate surface area is 184 Å². The Morgan fingerprint density at radius 2 is 2.03 bits per heavy atom. The second-order valence-electron chi connectivity index (χ2n) is 8.28. The number of aromatic amines is 1. The van der Waals surface area contributed by atoms with E-state index in [9.17, 15) is 9.59 Å². The normalized spacial score (nSPS) is 14.4. The van der Waals surface area contributed by atoms with Crippen LogP contribution < -0.4 is 5.32 Å². The third-order valence-electron chi connectivity index (χ3n) is 5.42. The molecule has 10 heteroatoms. The summed E-state index contributed by atoms with van der Waals surface area (Å²) in [5.74, 6) is 0.595. The third-order valence-corrected chi connectivity index (χ3v) is 5.67. The maximum atomic E-state index is 12.7. The molecule has 0 unspecified atom stereocenters. The summed E-state index contributed by atoms with van der Waals surface area (Å²) in [5, 5.41) is 13.9. The number of nitrogens with zero attached hydrogens (tertiary/aromatic N) is 4. The second kappa shape index (κ2) is 8.50. The van der Waals surface area contributed by atoms with Crippen LogP contribution in [0.25, 0.3) is 0 Å². The molecule has 2 amide bonds. The van der Waals surface area contributed by atoms with Crippen LogP contribution in [0.3, 0.4) is 0 Å². The largest absolute Gasteiger partial charge is 0.448 e. The van der Waals surface area contributed by atoms with Gasteiger partial charge in [0.25, 0.3) is 5.91 Å². The minimum atomic E-state index is -0.654. The molecular formula is C21H23ClN6O3. The summed E-state index contributed by atoms with van der Waals surface area (Å²) in [6.45, 7) is 5.04. The fourth-order valence-electron chi connectivity index (χ4n) is 3.58. The molecule has 1 aliphatic heterocycles. The minimum absolute atomic E-state index is 0.0445. The van der Waals surface area contributed by atoms with E-state index in [0.29, 0.717) is 41.6 Å². The maximum absolute atomic E-state index is 12.7. The number of halogens is 1. The van der Waals surface area contributed by atoms with E-state index in [-0.39, 0.29) is 24.3 Å². The van der Waals surface area contributed by atoms with E-state index in [1.807, 2.05) is 13.8 Å². The van der Waals surface area contributed by atoms with Gasteiger partial charge in [-0.1, -0.05) is 25.4 Å². The van der Waals surface area contributed by atoms with Gasteiger partial charge in [0.1, 0.15) is 11.5 Å². The zero-order valence-electron chi connectivity index (χ0n) is 17.3. The van der Waals surface area contributed by atoms with E-state index in [0.717, 1.165) is 5.69 Å². The highest BCUT2D eigenvalue weighted by molar-refractivity contribution is 6.30. The van der Waals surface area contributed by atoms with Crippen molar-refractivity contribution in [1.29, 1.82) is 0 Å². The molecule has 0 atom stereocenters. The highest BCUT2D eigenvalue weighted by Gasteiger charge is 2.36. The van der Waals surface area contributed by atoms with Crippen LogP contribution in [0, 0.1) is 5.41 Å². The van der Waals surface area contributed by atoms with Gasteiger partial charge >= 0.3 is 0 Å². The second-order valence-corrected chi connectivity index (χ2v) is 8.72. The average Bonchev–Trinajstić information content (AvgIpc) is 3.37. The number of nitrogens with one attached hydrogen (secondary N) is 2. The van der Waals surface area contributed by atoms with Gasteiger partial charge in [-0.05, 0) is 24.3 Å². The van der Waals surface area contributed by atoms with E-state index < -0.39 is 5.41 Å². The summed E-state index contributed by atoms with van der Waals surface area (Å²) in [5.41, 5.74) is 1.34. The Balaban J connectivity index is 1.32. The first-order chi connectivity index (χ1) is 14.8. The number of carbonyl (C=O) groups is 2. The first-order valence-electron chi connectivity index (χ1n) is 9.93. The average molecular weight is 443 g/mol. The number of aromatic nitrogens is 4. The van der Waals surface area contributed by atoms with Crippen molar-refractivity contribution < 1.29 is 14.0 Å². The Kier molecular flexibility index (Phi) is 5.77. The molecular weight excluding hydrogens is 420 g/mol. The summed E-state index contributed by atoms with van der Waals surface area (Å²) in [4.78, 5) is 31.3. The number of amides is 2. The molecule has 3 aromatic rings. The lowest BCUT2D eigenvalue weighted by Crippen LogP contribution is -2.48. The van der Waals surface area contributed by atoms with Gasteiger partial charge in [0, 0.05) is 35.5 Å². The van der Waals surface area contributed by atoms with Gasteiger partial charge in [-0.2, -0.15) is 15.4 Å². The monoisotopic (exact) mass is 442 g/mol. The van der Waals surface area contributed by atoms with Crippen molar-refractivity contribution in [2.45, 2.75) is 32.7 Å². The smallest absolute Gasteiger partial charge is 0.253 e. The molecule has 1 saturated heterocycles. The Morgan fingerprint density at radius 1 is 1.29 bits per heavy atom. The van der Waals surface area contributed by atoms with Gasteiger partial charge in [-0.3, -0.25) is 9.59 Å². The van der Waals surface area contributed by atoms with Crippen LogP contribution in [-0.2, 0) is 17.8 Å². The van der Waals surface area contributed by atoms with Crippen LogP contribution in [-0.4, -0.2) is 50.2 Å². The van der Waals surface area contributed by atoms with Gasteiger partial charge < -0.3 is 14.6 Å². The number of oxazole rings is 1. The lowest BCUT2D eigenvalue weighted by molar-refractivity contribution is -0.129. The van der Waals surface area contributed by atoms with E-state index in [4.69, 9.17) is 16.0 Å². The van der Waals surface area contributed by atoms with Crippen molar-refractivity contribution in [3.05, 3.63) is 64.6 Å². The molecule has 0 radical (unpaired) electrons. The number of H-pyrrole nitrogens is 1. The summed E-state index contributed by atoms with van der Waals surface area (Å²) >= 11 is 5.89. The predicted molar refractivity (Wildman–Crippen MR) is 112 cm³/mol. The molecule has 4 rings (SSSR count). The van der Waals surface area contributed by atoms with E-state index in [1.165, 1.54) is 6.39 Å². The SMILES string of the molecule is CC(C)(Cc1cn[nH]n1)C(=O)NCc1ncoc1C1CN(C(=O)c2ccc(Cl)cc2)C1. The van der Waals surface area contributed by atoms with Crippen LogP contribution in [0.4, 0.5) is 0 Å². The molecule has 1 aromatic carbocycles. The van der Waals surface area contributed by atoms with Crippen molar-refractivity contribution in [2.75, 3.05) is 13.1 Å². The van der Waals surface area contributed by atoms with Gasteiger partial charge in [0.2, 0.25) is 5.91 Å². The minimum Gasteiger partial charge on any atom is -0.448 e. The number of rotatable bonds is 7. The molecule has 1 fully saturated rings. The van der Waals surface area contributed by atoms with Crippen LogP contribution in [0.1, 0.15) is 47.3 Å². The number of likely N-dealkylation sites (tertiary alicyclic amines) is 1. The highest BCUT2D eigenvalue weighted by atomic mass is 35.5. The molecule has 1 aliphatic rings. The van der Waals surface area contributed by atoms with Crippen LogP contribution in [0.2, 0.25) is 5.02 Å². The molecule has 0 aliphatic carbocycles. The van der Waals surface area contributed by atoms with Crippen molar-refractivity contribution in [2.24, 2.45) is 5.41 Å². The molecule has 9 nitrogen and oxygen atoms in total. The molecule has 31 heavy (non-hydrogen) atoms. The van der Waals surface area contributed by atoms with E-state index in [2.05, 4.69) is 25.7 Å². The van der Waals surface area contributed by atoms with Gasteiger partial charge in [-0.15, -0.1) is 0 Å². The highest BCUT2D eigenvalue weighted by Crippen LogP contribution is 2.31. The Hall–Kier alpha value is -3.20. The fourth-order valence-corrected chi connectivity index (χ4v) is 3.70. The van der Waals surface area contributed by atoms with Crippen molar-refractivity contribution in [3.8, 4) is 0 Å². The quantitative estimate of drug-likeness (QED) is 0.580. The fraction of sp³-hybridized carbons (Fsp3) is 0.381. The standard InChI is InChI=1S/C21H23ClN6O3/c1-21(2,7-16-8-25-27-26-16)20(30)23-9-17-18(31-12-24-17)14-10-28(11-14)19(29)13-3-5-15(22)6-4-13/h3-6,8,12,14H,7,9-11H2,1-2H3,(H,23,30)(H,25,26,27). The van der Waals surface area contributed by atoms with Crippen molar-refractivity contribution in [3.63, 3.8) is 0 Å². The molecule has 0 spiro atoms.